The van der Waals surface area contributed by atoms with Crippen molar-refractivity contribution in [3.05, 3.63) is 71.3 Å². The Balaban J connectivity index is 1.85. The quantitative estimate of drug-likeness (QED) is 0.487. The molecule has 0 unspecified atom stereocenters. The monoisotopic (exact) mass is 405 g/mol. The van der Waals surface area contributed by atoms with Gasteiger partial charge < -0.3 is 5.11 Å². The zero-order valence-electron chi connectivity index (χ0n) is 18.4. The fourth-order valence-electron chi connectivity index (χ4n) is 3.42. The van der Waals surface area contributed by atoms with E-state index >= 15 is 0 Å². The fourth-order valence-corrected chi connectivity index (χ4v) is 3.42. The molecule has 0 bridgehead atoms. The van der Waals surface area contributed by atoms with Crippen LogP contribution in [0.5, 0.6) is 0 Å². The van der Waals surface area contributed by atoms with E-state index in [0.29, 0.717) is 12.1 Å². The van der Waals surface area contributed by atoms with Crippen LogP contribution in [0.4, 0.5) is 0 Å². The van der Waals surface area contributed by atoms with Crippen LogP contribution in [0.15, 0.2) is 48.5 Å². The van der Waals surface area contributed by atoms with E-state index in [2.05, 4.69) is 27.7 Å². The lowest BCUT2D eigenvalue weighted by Gasteiger charge is -2.12. The van der Waals surface area contributed by atoms with Gasteiger partial charge in [0.25, 0.3) is 0 Å². The van der Waals surface area contributed by atoms with E-state index < -0.39 is 5.97 Å². The van der Waals surface area contributed by atoms with Gasteiger partial charge in [-0.3, -0.25) is 0 Å². The maximum Gasteiger partial charge on any atom is 0.336 e. The summed E-state index contributed by atoms with van der Waals surface area (Å²) in [6, 6.07) is 15.1. The van der Waals surface area contributed by atoms with Gasteiger partial charge in [-0.1, -0.05) is 83.0 Å². The smallest absolute Gasteiger partial charge is 0.336 e. The molecule has 3 aromatic rings. The van der Waals surface area contributed by atoms with Crippen LogP contribution in [0.25, 0.3) is 11.1 Å². The maximum absolute atomic E-state index is 11.5. The minimum atomic E-state index is -0.913. The van der Waals surface area contributed by atoms with Gasteiger partial charge in [0.15, 0.2) is 5.82 Å². The molecule has 0 amide bonds. The second-order valence-electron chi connectivity index (χ2n) is 8.76. The third-order valence-corrected chi connectivity index (χ3v) is 5.18. The number of benzene rings is 2. The van der Waals surface area contributed by atoms with Crippen LogP contribution in [0.1, 0.15) is 74.5 Å². The molecule has 2 aromatic carbocycles. The van der Waals surface area contributed by atoms with E-state index in [1.54, 1.807) is 12.1 Å². The fraction of sp³-hybridized carbons (Fsp3) is 0.400. The topological polar surface area (TPSA) is 68.0 Å². The number of aromatic nitrogens is 3. The molecular formula is C25H31N3O2. The molecule has 5 heteroatoms. The molecular weight excluding hydrogens is 374 g/mol. The van der Waals surface area contributed by atoms with E-state index in [1.807, 2.05) is 41.1 Å². The van der Waals surface area contributed by atoms with Crippen molar-refractivity contribution in [1.82, 2.24) is 14.8 Å². The summed E-state index contributed by atoms with van der Waals surface area (Å²) in [5.41, 5.74) is 2.97. The first-order chi connectivity index (χ1) is 14.3. The van der Waals surface area contributed by atoms with E-state index in [4.69, 9.17) is 10.1 Å². The summed E-state index contributed by atoms with van der Waals surface area (Å²) in [7, 11) is 0. The van der Waals surface area contributed by atoms with Gasteiger partial charge in [-0.15, -0.1) is 0 Å². The molecule has 0 aliphatic carbocycles. The third-order valence-electron chi connectivity index (χ3n) is 5.18. The first kappa shape index (κ1) is 21.8. The number of carboxylic acid groups (broad SMARTS) is 1. The number of carboxylic acids is 1. The average Bonchev–Trinajstić information content (AvgIpc) is 3.12. The van der Waals surface area contributed by atoms with Crippen molar-refractivity contribution in [2.75, 3.05) is 0 Å². The Morgan fingerprint density at radius 1 is 1.03 bits per heavy atom. The Hall–Kier alpha value is -2.95. The summed E-state index contributed by atoms with van der Waals surface area (Å²) < 4.78 is 2.02. The molecule has 0 atom stereocenters. The SMILES string of the molecule is CCCCCc1nc(C(C)(C)C)nn1Cc1ccc(-c2ccccc2C(=O)O)cc1. The van der Waals surface area contributed by atoms with Crippen molar-refractivity contribution < 1.29 is 9.90 Å². The molecule has 0 saturated carbocycles. The molecule has 30 heavy (non-hydrogen) atoms. The van der Waals surface area contributed by atoms with Crippen molar-refractivity contribution in [3.8, 4) is 11.1 Å². The van der Waals surface area contributed by atoms with Crippen LogP contribution in [-0.4, -0.2) is 25.8 Å². The van der Waals surface area contributed by atoms with Gasteiger partial charge in [0.1, 0.15) is 5.82 Å². The molecule has 1 N–H and O–H groups in total. The zero-order chi connectivity index (χ0) is 21.7. The highest BCUT2D eigenvalue weighted by Crippen LogP contribution is 2.25. The van der Waals surface area contributed by atoms with Crippen molar-refractivity contribution in [2.45, 2.75) is 65.3 Å². The summed E-state index contributed by atoms with van der Waals surface area (Å²) in [6.07, 6.45) is 4.42. The van der Waals surface area contributed by atoms with Crippen LogP contribution < -0.4 is 0 Å². The first-order valence-corrected chi connectivity index (χ1v) is 10.7. The highest BCUT2D eigenvalue weighted by atomic mass is 16.4. The minimum absolute atomic E-state index is 0.0881. The number of aromatic carboxylic acids is 1. The highest BCUT2D eigenvalue weighted by molar-refractivity contribution is 5.95. The molecule has 158 valence electrons. The molecule has 0 fully saturated rings. The predicted molar refractivity (Wildman–Crippen MR) is 120 cm³/mol. The number of unbranched alkanes of at least 4 members (excludes halogenated alkanes) is 2. The molecule has 1 heterocycles. The number of nitrogens with zero attached hydrogens (tertiary/aromatic N) is 3. The zero-order valence-corrected chi connectivity index (χ0v) is 18.4. The van der Waals surface area contributed by atoms with Gasteiger partial charge in [-0.25, -0.2) is 14.5 Å². The minimum Gasteiger partial charge on any atom is -0.478 e. The third kappa shape index (κ3) is 5.15. The van der Waals surface area contributed by atoms with Gasteiger partial charge in [0, 0.05) is 11.8 Å². The summed E-state index contributed by atoms with van der Waals surface area (Å²) in [5, 5.41) is 14.2. The number of rotatable bonds is 8. The lowest BCUT2D eigenvalue weighted by Crippen LogP contribution is -2.14. The predicted octanol–water partition coefficient (Wildman–Crippen LogP) is 5.72. The van der Waals surface area contributed by atoms with Crippen LogP contribution in [0.3, 0.4) is 0 Å². The van der Waals surface area contributed by atoms with Gasteiger partial charge in [0.05, 0.1) is 12.1 Å². The van der Waals surface area contributed by atoms with Crippen LogP contribution in [-0.2, 0) is 18.4 Å². The Kier molecular flexibility index (Phi) is 6.70. The lowest BCUT2D eigenvalue weighted by molar-refractivity contribution is 0.0697. The molecule has 0 spiro atoms. The molecule has 0 aliphatic rings. The molecule has 0 saturated heterocycles. The second-order valence-corrected chi connectivity index (χ2v) is 8.76. The number of hydrogen-bond donors (Lipinski definition) is 1. The van der Waals surface area contributed by atoms with E-state index in [0.717, 1.165) is 41.2 Å². The summed E-state index contributed by atoms with van der Waals surface area (Å²) in [4.78, 5) is 16.3. The summed E-state index contributed by atoms with van der Waals surface area (Å²) in [6.45, 7) is 9.27. The van der Waals surface area contributed by atoms with Crippen molar-refractivity contribution in [2.24, 2.45) is 0 Å². The van der Waals surface area contributed by atoms with E-state index in [9.17, 15) is 9.90 Å². The Labute approximate surface area is 178 Å². The van der Waals surface area contributed by atoms with Crippen LogP contribution >= 0.6 is 0 Å². The van der Waals surface area contributed by atoms with Crippen molar-refractivity contribution >= 4 is 5.97 Å². The van der Waals surface area contributed by atoms with Gasteiger partial charge >= 0.3 is 5.97 Å². The average molecular weight is 406 g/mol. The molecule has 0 radical (unpaired) electrons. The number of carbonyl (C=O) groups is 1. The molecule has 5 nitrogen and oxygen atoms in total. The Bertz CT molecular complexity index is 998. The van der Waals surface area contributed by atoms with Crippen LogP contribution in [0, 0.1) is 0 Å². The largest absolute Gasteiger partial charge is 0.478 e. The molecule has 3 rings (SSSR count). The first-order valence-electron chi connectivity index (χ1n) is 10.7. The number of aryl methyl sites for hydroxylation is 1. The van der Waals surface area contributed by atoms with E-state index in [-0.39, 0.29) is 5.41 Å². The normalized spacial score (nSPS) is 11.6. The summed E-state index contributed by atoms with van der Waals surface area (Å²) >= 11 is 0. The highest BCUT2D eigenvalue weighted by Gasteiger charge is 2.21. The molecule has 1 aromatic heterocycles. The Morgan fingerprint density at radius 2 is 1.73 bits per heavy atom. The van der Waals surface area contributed by atoms with Gasteiger partial charge in [0.2, 0.25) is 0 Å². The van der Waals surface area contributed by atoms with Crippen molar-refractivity contribution in [1.29, 1.82) is 0 Å². The van der Waals surface area contributed by atoms with E-state index in [1.165, 1.54) is 12.8 Å². The summed E-state index contributed by atoms with van der Waals surface area (Å²) in [5.74, 6) is 0.999. The van der Waals surface area contributed by atoms with Gasteiger partial charge in [-0.2, -0.15) is 5.10 Å². The maximum atomic E-state index is 11.5. The standard InChI is InChI=1S/C25H31N3O2/c1-5-6-7-12-22-26-24(25(2,3)4)27-28(22)17-18-13-15-19(16-14-18)20-10-8-9-11-21(20)23(29)30/h8-11,13-16H,5-7,12,17H2,1-4H3,(H,29,30). The second kappa shape index (κ2) is 9.24. The lowest BCUT2D eigenvalue weighted by atomic mass is 9.96. The molecule has 0 aliphatic heterocycles. The Morgan fingerprint density at radius 3 is 2.37 bits per heavy atom. The van der Waals surface area contributed by atoms with Gasteiger partial charge in [-0.05, 0) is 29.2 Å². The van der Waals surface area contributed by atoms with Crippen molar-refractivity contribution in [3.63, 3.8) is 0 Å². The number of hydrogen-bond acceptors (Lipinski definition) is 3. The van der Waals surface area contributed by atoms with Crippen LogP contribution in [0.2, 0.25) is 0 Å².